The van der Waals surface area contributed by atoms with E-state index in [2.05, 4.69) is 10.2 Å². The third kappa shape index (κ3) is 5.19. The van der Waals surface area contributed by atoms with E-state index in [4.69, 9.17) is 32.7 Å². The average molecular weight is 453 g/mol. The molecule has 1 atom stereocenters. The highest BCUT2D eigenvalue weighted by molar-refractivity contribution is 6.32. The Kier molecular flexibility index (Phi) is 7.47. The zero-order valence-electron chi connectivity index (χ0n) is 17.1. The molecule has 0 spiro atoms. The average Bonchev–Trinajstić information content (AvgIpc) is 3.13. The van der Waals surface area contributed by atoms with Crippen LogP contribution in [0.15, 0.2) is 36.4 Å². The Hall–Kier alpha value is -1.99. The van der Waals surface area contributed by atoms with Crippen LogP contribution in [0.4, 0.5) is 0 Å². The Balaban J connectivity index is 1.55. The number of carbonyl (C=O) groups is 1. The van der Waals surface area contributed by atoms with E-state index in [-0.39, 0.29) is 5.91 Å². The normalized spacial score (nSPS) is 19.0. The van der Waals surface area contributed by atoms with Crippen LogP contribution in [0, 0.1) is 0 Å². The van der Waals surface area contributed by atoms with Crippen LogP contribution in [0.25, 0.3) is 0 Å². The molecule has 8 heteroatoms. The Bertz CT molecular complexity index is 891. The number of amides is 1. The Morgan fingerprint density at radius 2 is 1.97 bits per heavy atom. The van der Waals surface area contributed by atoms with Crippen LogP contribution in [0.5, 0.6) is 11.5 Å². The Morgan fingerprint density at radius 1 is 1.23 bits per heavy atom. The van der Waals surface area contributed by atoms with Crippen molar-refractivity contribution in [2.24, 2.45) is 0 Å². The van der Waals surface area contributed by atoms with Crippen LogP contribution in [0.3, 0.4) is 0 Å². The lowest BCUT2D eigenvalue weighted by molar-refractivity contribution is 0.0456. The predicted molar refractivity (Wildman–Crippen MR) is 118 cm³/mol. The van der Waals surface area contributed by atoms with Crippen LogP contribution in [0.2, 0.25) is 10.0 Å². The number of aliphatic hydroxyl groups is 1. The Morgan fingerprint density at radius 3 is 2.63 bits per heavy atom. The van der Waals surface area contributed by atoms with Crippen molar-refractivity contribution < 1.29 is 19.4 Å². The summed E-state index contributed by atoms with van der Waals surface area (Å²) >= 11 is 12.1. The molecule has 30 heavy (non-hydrogen) atoms. The summed E-state index contributed by atoms with van der Waals surface area (Å²) in [6, 6.07) is 10.5. The van der Waals surface area contributed by atoms with Gasteiger partial charge in [0.15, 0.2) is 0 Å². The first-order valence-electron chi connectivity index (χ1n) is 9.79. The number of nitrogens with zero attached hydrogens (tertiary/aromatic N) is 1. The van der Waals surface area contributed by atoms with Gasteiger partial charge in [-0.15, -0.1) is 0 Å². The number of hydrogen-bond acceptors (Lipinski definition) is 5. The molecule has 6 nitrogen and oxygen atoms in total. The van der Waals surface area contributed by atoms with Crippen molar-refractivity contribution in [1.29, 1.82) is 0 Å². The van der Waals surface area contributed by atoms with E-state index in [9.17, 15) is 9.90 Å². The van der Waals surface area contributed by atoms with Crippen molar-refractivity contribution in [3.8, 4) is 11.5 Å². The van der Waals surface area contributed by atoms with Gasteiger partial charge in [0.2, 0.25) is 0 Å². The monoisotopic (exact) mass is 452 g/mol. The summed E-state index contributed by atoms with van der Waals surface area (Å²) in [6.07, 6.45) is 1.42. The molecule has 0 radical (unpaired) electrons. The van der Waals surface area contributed by atoms with E-state index >= 15 is 0 Å². The molecule has 0 bridgehead atoms. The van der Waals surface area contributed by atoms with Crippen LogP contribution in [0.1, 0.15) is 28.8 Å². The summed E-state index contributed by atoms with van der Waals surface area (Å²) in [7, 11) is 3.07. The minimum absolute atomic E-state index is 0.276. The number of methoxy groups -OCH3 is 1. The molecule has 2 aromatic carbocycles. The molecule has 1 amide bonds. The second-order valence-electron chi connectivity index (χ2n) is 7.33. The summed E-state index contributed by atoms with van der Waals surface area (Å²) in [6.45, 7) is 2.56. The van der Waals surface area contributed by atoms with Crippen molar-refractivity contribution in [1.82, 2.24) is 10.2 Å². The maximum absolute atomic E-state index is 12.1. The first-order chi connectivity index (χ1) is 14.4. The minimum atomic E-state index is -0.860. The quantitative estimate of drug-likeness (QED) is 0.597. The molecule has 0 saturated carbocycles. The molecule has 0 aromatic heterocycles. The number of nitrogens with one attached hydrogen (secondary N) is 1. The fraction of sp³-hybridized carbons (Fsp3) is 0.409. The molecule has 1 heterocycles. The Labute approximate surface area is 186 Å². The van der Waals surface area contributed by atoms with Crippen molar-refractivity contribution >= 4 is 29.1 Å². The first-order valence-corrected chi connectivity index (χ1v) is 10.5. The number of carbonyl (C=O) groups excluding carboxylic acids is 1. The highest BCUT2D eigenvalue weighted by Crippen LogP contribution is 2.34. The second-order valence-corrected chi connectivity index (χ2v) is 8.17. The van der Waals surface area contributed by atoms with Crippen LogP contribution in [-0.4, -0.2) is 56.3 Å². The van der Waals surface area contributed by atoms with Gasteiger partial charge in [-0.1, -0.05) is 35.3 Å². The van der Waals surface area contributed by atoms with Gasteiger partial charge in [-0.3, -0.25) is 9.69 Å². The predicted octanol–water partition coefficient (Wildman–Crippen LogP) is 3.72. The van der Waals surface area contributed by atoms with Crippen LogP contribution >= 0.6 is 23.2 Å². The molecule has 1 unspecified atom stereocenters. The third-order valence-electron chi connectivity index (χ3n) is 5.31. The van der Waals surface area contributed by atoms with Gasteiger partial charge in [0, 0.05) is 37.8 Å². The standard InChI is InChI=1S/C22H26Cl2N2O4/c1-25-21(27)17-12-18(24)20(29-2)13-19(17)30-11-3-9-26-10-8-22(28,14-26)15-4-6-16(23)7-5-15/h4-7,12-13,28H,3,8-11,14H2,1-2H3,(H,25,27). The second kappa shape index (κ2) is 9.88. The van der Waals surface area contributed by atoms with Gasteiger partial charge in [0.1, 0.15) is 17.1 Å². The molecular weight excluding hydrogens is 427 g/mol. The summed E-state index contributed by atoms with van der Waals surface area (Å²) in [5.74, 6) is 0.601. The molecule has 3 rings (SSSR count). The van der Waals surface area contributed by atoms with E-state index in [1.54, 1.807) is 31.3 Å². The van der Waals surface area contributed by atoms with E-state index in [0.29, 0.717) is 46.7 Å². The van der Waals surface area contributed by atoms with E-state index in [0.717, 1.165) is 25.1 Å². The number of β-amino-alcohol motifs (C(OH)–C–C–N with tert-alkyl or cyclic N) is 1. The molecule has 1 aliphatic heterocycles. The van der Waals surface area contributed by atoms with Crippen molar-refractivity contribution in [3.05, 3.63) is 57.6 Å². The minimum Gasteiger partial charge on any atom is -0.495 e. The molecule has 1 saturated heterocycles. The zero-order chi connectivity index (χ0) is 21.7. The SMILES string of the molecule is CNC(=O)c1cc(Cl)c(OC)cc1OCCCN1CCC(O)(c2ccc(Cl)cc2)C1. The maximum Gasteiger partial charge on any atom is 0.254 e. The highest BCUT2D eigenvalue weighted by atomic mass is 35.5. The van der Waals surface area contributed by atoms with Gasteiger partial charge >= 0.3 is 0 Å². The summed E-state index contributed by atoms with van der Waals surface area (Å²) in [4.78, 5) is 14.3. The molecule has 2 aromatic rings. The van der Waals surface area contributed by atoms with Crippen LogP contribution < -0.4 is 14.8 Å². The summed E-state index contributed by atoms with van der Waals surface area (Å²) in [5, 5.41) is 14.6. The third-order valence-corrected chi connectivity index (χ3v) is 5.86. The van der Waals surface area contributed by atoms with Gasteiger partial charge in [-0.2, -0.15) is 0 Å². The molecule has 1 fully saturated rings. The summed E-state index contributed by atoms with van der Waals surface area (Å²) in [5.41, 5.74) is 0.386. The zero-order valence-corrected chi connectivity index (χ0v) is 18.6. The lowest BCUT2D eigenvalue weighted by Gasteiger charge is -2.24. The van der Waals surface area contributed by atoms with Gasteiger partial charge in [-0.05, 0) is 36.6 Å². The molecule has 162 valence electrons. The van der Waals surface area contributed by atoms with Gasteiger partial charge < -0.3 is 19.9 Å². The molecule has 0 aliphatic carbocycles. The fourth-order valence-electron chi connectivity index (χ4n) is 3.65. The lowest BCUT2D eigenvalue weighted by atomic mass is 9.93. The number of benzene rings is 2. The smallest absolute Gasteiger partial charge is 0.254 e. The maximum atomic E-state index is 12.1. The summed E-state index contributed by atoms with van der Waals surface area (Å²) < 4.78 is 11.1. The first kappa shape index (κ1) is 22.7. The topological polar surface area (TPSA) is 71.0 Å². The number of ether oxygens (including phenoxy) is 2. The van der Waals surface area contributed by atoms with Gasteiger partial charge in [0.05, 0.1) is 24.3 Å². The fourth-order valence-corrected chi connectivity index (χ4v) is 4.02. The van der Waals surface area contributed by atoms with Gasteiger partial charge in [-0.25, -0.2) is 0 Å². The van der Waals surface area contributed by atoms with E-state index in [1.807, 2.05) is 12.1 Å². The van der Waals surface area contributed by atoms with Crippen molar-refractivity contribution in [2.45, 2.75) is 18.4 Å². The number of hydrogen-bond donors (Lipinski definition) is 2. The number of halogens is 2. The number of rotatable bonds is 8. The lowest BCUT2D eigenvalue weighted by Crippen LogP contribution is -2.31. The van der Waals surface area contributed by atoms with E-state index in [1.165, 1.54) is 7.11 Å². The molecule has 1 aliphatic rings. The molecular formula is C22H26Cl2N2O4. The molecule has 2 N–H and O–H groups in total. The largest absolute Gasteiger partial charge is 0.495 e. The highest BCUT2D eigenvalue weighted by Gasteiger charge is 2.37. The number of likely N-dealkylation sites (tertiary alicyclic amines) is 1. The van der Waals surface area contributed by atoms with Gasteiger partial charge in [0.25, 0.3) is 5.91 Å². The van der Waals surface area contributed by atoms with Crippen molar-refractivity contribution in [3.63, 3.8) is 0 Å². The van der Waals surface area contributed by atoms with Crippen molar-refractivity contribution in [2.75, 3.05) is 40.4 Å². The van der Waals surface area contributed by atoms with Crippen LogP contribution in [-0.2, 0) is 5.60 Å². The van der Waals surface area contributed by atoms with E-state index < -0.39 is 5.60 Å².